The van der Waals surface area contributed by atoms with Crippen LogP contribution in [0.2, 0.25) is 0 Å². The SMILES string of the molecule is Cc1oc2c(C=O)c(OS(=O)(=O)C(F)(F)F)ccc2c(=O)c1S(=O)(=O)C(F)(F)F. The zero-order chi connectivity index (χ0) is 22.6. The fraction of sp³-hybridized carbons (Fsp3) is 0.231. The van der Waals surface area contributed by atoms with E-state index in [4.69, 9.17) is 4.42 Å². The number of hydrogen-bond donors (Lipinski definition) is 0. The highest BCUT2D eigenvalue weighted by Crippen LogP contribution is 2.35. The summed E-state index contributed by atoms with van der Waals surface area (Å²) in [6.07, 6.45) is -0.288. The summed E-state index contributed by atoms with van der Waals surface area (Å²) in [6.45, 7) is 0.619. The molecule has 0 aliphatic carbocycles. The van der Waals surface area contributed by atoms with E-state index in [0.29, 0.717) is 19.1 Å². The number of carbonyl (C=O) groups is 1. The molecule has 0 aliphatic rings. The van der Waals surface area contributed by atoms with Gasteiger partial charge in [-0.25, -0.2) is 8.42 Å². The Kier molecular flexibility index (Phi) is 5.25. The van der Waals surface area contributed by atoms with Crippen LogP contribution in [0.3, 0.4) is 0 Å². The van der Waals surface area contributed by atoms with Crippen molar-refractivity contribution in [3.8, 4) is 5.75 Å². The number of sulfone groups is 1. The Balaban J connectivity index is 2.87. The van der Waals surface area contributed by atoms with E-state index < -0.39 is 69.3 Å². The molecule has 0 unspecified atom stereocenters. The van der Waals surface area contributed by atoms with E-state index in [1.54, 1.807) is 0 Å². The summed E-state index contributed by atoms with van der Waals surface area (Å²) in [5.74, 6) is -2.39. The monoisotopic (exact) mass is 468 g/mol. The van der Waals surface area contributed by atoms with E-state index in [-0.39, 0.29) is 6.29 Å². The van der Waals surface area contributed by atoms with Gasteiger partial charge < -0.3 is 8.60 Å². The van der Waals surface area contributed by atoms with Crippen LogP contribution >= 0.6 is 0 Å². The van der Waals surface area contributed by atoms with Crippen LogP contribution in [0.15, 0.2) is 26.2 Å². The van der Waals surface area contributed by atoms with Gasteiger partial charge in [-0.05, 0) is 19.1 Å². The molecule has 2 rings (SSSR count). The number of alkyl halides is 6. The maximum atomic E-state index is 12.8. The molecule has 0 bridgehead atoms. The standard InChI is InChI=1S/C13H6F6O8S2/c1-5-11(28(22,23)12(14,15)16)9(21)6-2-3-8(7(4-20)10(6)26-5)27-29(24,25)13(17,18)19/h2-4H,1H3. The molecule has 0 fully saturated rings. The molecular weight excluding hydrogens is 462 g/mol. The summed E-state index contributed by atoms with van der Waals surface area (Å²) in [6, 6.07) is 0.801. The third-order valence-corrected chi connectivity index (χ3v) is 5.94. The Morgan fingerprint density at radius 1 is 1.00 bits per heavy atom. The summed E-state index contributed by atoms with van der Waals surface area (Å²) in [4.78, 5) is 21.7. The molecule has 0 aliphatic heterocycles. The van der Waals surface area contributed by atoms with Gasteiger partial charge in [-0.3, -0.25) is 9.59 Å². The summed E-state index contributed by atoms with van der Waals surface area (Å²) < 4.78 is 130. The lowest BCUT2D eigenvalue weighted by Crippen LogP contribution is -2.30. The number of fused-ring (bicyclic) bond motifs is 1. The Bertz CT molecular complexity index is 1270. The predicted molar refractivity (Wildman–Crippen MR) is 81.5 cm³/mol. The molecule has 160 valence electrons. The highest BCUT2D eigenvalue weighted by Gasteiger charge is 2.50. The van der Waals surface area contributed by atoms with E-state index in [9.17, 15) is 52.8 Å². The largest absolute Gasteiger partial charge is 0.534 e. The molecule has 1 aromatic carbocycles. The first-order valence-electron chi connectivity index (χ1n) is 6.83. The second-order valence-electron chi connectivity index (χ2n) is 5.22. The fourth-order valence-electron chi connectivity index (χ4n) is 2.13. The van der Waals surface area contributed by atoms with Crippen molar-refractivity contribution in [1.29, 1.82) is 0 Å². The normalized spacial score (nSPS) is 13.5. The molecule has 16 heteroatoms. The van der Waals surface area contributed by atoms with Crippen LogP contribution in [-0.4, -0.2) is 34.1 Å². The van der Waals surface area contributed by atoms with Gasteiger partial charge in [-0.15, -0.1) is 0 Å². The van der Waals surface area contributed by atoms with Crippen LogP contribution in [0.4, 0.5) is 26.3 Å². The van der Waals surface area contributed by atoms with Crippen molar-refractivity contribution in [1.82, 2.24) is 0 Å². The minimum absolute atomic E-state index is 0.288. The van der Waals surface area contributed by atoms with Crippen molar-refractivity contribution in [3.05, 3.63) is 33.7 Å². The number of benzene rings is 1. The van der Waals surface area contributed by atoms with Gasteiger partial charge in [0.2, 0.25) is 5.43 Å². The molecule has 0 radical (unpaired) electrons. The number of aldehydes is 1. The second-order valence-corrected chi connectivity index (χ2v) is 8.64. The summed E-state index contributed by atoms with van der Waals surface area (Å²) in [5.41, 5.74) is -15.6. The number of rotatable bonds is 4. The topological polar surface area (TPSA) is 125 Å². The highest BCUT2D eigenvalue weighted by atomic mass is 32.2. The highest BCUT2D eigenvalue weighted by molar-refractivity contribution is 7.92. The van der Waals surface area contributed by atoms with E-state index in [2.05, 4.69) is 4.18 Å². The van der Waals surface area contributed by atoms with Gasteiger partial charge >= 0.3 is 21.1 Å². The summed E-state index contributed by atoms with van der Waals surface area (Å²) in [7, 11) is -12.4. The van der Waals surface area contributed by atoms with Crippen molar-refractivity contribution in [2.24, 2.45) is 0 Å². The lowest BCUT2D eigenvalue weighted by Gasteiger charge is -2.13. The third-order valence-electron chi connectivity index (χ3n) is 3.36. The van der Waals surface area contributed by atoms with Gasteiger partial charge in [0.05, 0.1) is 5.39 Å². The zero-order valence-electron chi connectivity index (χ0n) is 13.6. The van der Waals surface area contributed by atoms with Crippen LogP contribution < -0.4 is 9.61 Å². The number of halogens is 6. The molecule has 0 spiro atoms. The predicted octanol–water partition coefficient (Wildman–Crippen LogP) is 2.44. The molecular formula is C13H6F6O8S2. The van der Waals surface area contributed by atoms with Gasteiger partial charge in [-0.2, -0.15) is 34.8 Å². The van der Waals surface area contributed by atoms with Crippen molar-refractivity contribution in [2.45, 2.75) is 22.8 Å². The van der Waals surface area contributed by atoms with Crippen molar-refractivity contribution in [3.63, 3.8) is 0 Å². The number of carbonyl (C=O) groups excluding carboxylic acids is 1. The lowest BCUT2D eigenvalue weighted by molar-refractivity contribution is -0.0500. The average molecular weight is 468 g/mol. The lowest BCUT2D eigenvalue weighted by atomic mass is 10.1. The molecule has 8 nitrogen and oxygen atoms in total. The van der Waals surface area contributed by atoms with Crippen LogP contribution in [-0.2, 0) is 20.0 Å². The number of aryl methyl sites for hydroxylation is 1. The zero-order valence-corrected chi connectivity index (χ0v) is 15.2. The van der Waals surface area contributed by atoms with E-state index in [0.717, 1.165) is 0 Å². The van der Waals surface area contributed by atoms with Gasteiger partial charge in [0, 0.05) is 0 Å². The molecule has 0 atom stereocenters. The number of hydrogen-bond acceptors (Lipinski definition) is 8. The molecule has 0 N–H and O–H groups in total. The maximum absolute atomic E-state index is 12.8. The van der Waals surface area contributed by atoms with E-state index in [1.807, 2.05) is 0 Å². The van der Waals surface area contributed by atoms with Gasteiger partial charge in [0.1, 0.15) is 11.3 Å². The van der Waals surface area contributed by atoms with Crippen molar-refractivity contribution < 1.29 is 56.6 Å². The first kappa shape index (κ1) is 22.7. The second kappa shape index (κ2) is 6.72. The molecule has 0 amide bonds. The molecule has 29 heavy (non-hydrogen) atoms. The molecule has 0 saturated heterocycles. The van der Waals surface area contributed by atoms with E-state index >= 15 is 0 Å². The van der Waals surface area contributed by atoms with Crippen LogP contribution in [0.1, 0.15) is 16.1 Å². The molecule has 0 saturated carbocycles. The first-order valence-corrected chi connectivity index (χ1v) is 9.72. The Morgan fingerprint density at radius 2 is 1.55 bits per heavy atom. The minimum atomic E-state index is -6.25. The maximum Gasteiger partial charge on any atom is 0.534 e. The first-order chi connectivity index (χ1) is 13.0. The van der Waals surface area contributed by atoms with Crippen molar-refractivity contribution in [2.75, 3.05) is 0 Å². The summed E-state index contributed by atoms with van der Waals surface area (Å²) >= 11 is 0. The molecule has 1 heterocycles. The Labute approximate surface area is 156 Å². The Morgan fingerprint density at radius 3 is 2.00 bits per heavy atom. The van der Waals surface area contributed by atoms with Crippen LogP contribution in [0, 0.1) is 6.92 Å². The van der Waals surface area contributed by atoms with Gasteiger partial charge in [0.15, 0.2) is 22.5 Å². The van der Waals surface area contributed by atoms with Crippen LogP contribution in [0.25, 0.3) is 11.0 Å². The minimum Gasteiger partial charge on any atom is -0.459 e. The van der Waals surface area contributed by atoms with Gasteiger partial charge in [0.25, 0.3) is 9.84 Å². The third kappa shape index (κ3) is 3.68. The van der Waals surface area contributed by atoms with Crippen LogP contribution in [0.5, 0.6) is 5.75 Å². The summed E-state index contributed by atoms with van der Waals surface area (Å²) in [5, 5.41) is -0.947. The van der Waals surface area contributed by atoms with E-state index in [1.165, 1.54) is 0 Å². The molecule has 2 aromatic rings. The smallest absolute Gasteiger partial charge is 0.459 e. The van der Waals surface area contributed by atoms with Gasteiger partial charge in [-0.1, -0.05) is 0 Å². The Hall–Kier alpha value is -2.62. The quantitative estimate of drug-likeness (QED) is 0.290. The molecule has 1 aromatic heterocycles. The fourth-order valence-corrected chi connectivity index (χ4v) is 3.61. The average Bonchev–Trinajstić information content (AvgIpc) is 2.51. The van der Waals surface area contributed by atoms with Crippen molar-refractivity contribution >= 4 is 37.2 Å².